The van der Waals surface area contributed by atoms with Crippen molar-refractivity contribution in [3.05, 3.63) is 60.2 Å². The van der Waals surface area contributed by atoms with Crippen LogP contribution in [0.25, 0.3) is 0 Å². The van der Waals surface area contributed by atoms with Crippen LogP contribution in [0.2, 0.25) is 0 Å². The van der Waals surface area contributed by atoms with Gasteiger partial charge in [0.25, 0.3) is 0 Å². The van der Waals surface area contributed by atoms with Gasteiger partial charge in [-0.3, -0.25) is 10.1 Å². The van der Waals surface area contributed by atoms with Crippen molar-refractivity contribution in [2.75, 3.05) is 17.3 Å². The molecule has 126 valence electrons. The number of nitrogens with zero attached hydrogens (tertiary/aromatic N) is 1. The third-order valence-electron chi connectivity index (χ3n) is 3.59. The molecule has 6 nitrogen and oxygen atoms in total. The van der Waals surface area contributed by atoms with Crippen LogP contribution in [-0.2, 0) is 11.3 Å². The molecule has 0 aliphatic rings. The number of urea groups is 1. The zero-order chi connectivity index (χ0) is 17.5. The Kier molecular flexibility index (Phi) is 5.78. The number of amides is 3. The third kappa shape index (κ3) is 5.01. The van der Waals surface area contributed by atoms with Crippen LogP contribution in [0.5, 0.6) is 0 Å². The maximum atomic E-state index is 11.7. The number of rotatable bonds is 6. The summed E-state index contributed by atoms with van der Waals surface area (Å²) in [6, 6.07) is 16.5. The molecule has 0 fully saturated rings. The summed E-state index contributed by atoms with van der Waals surface area (Å²) in [5.74, 6) is -0.465. The van der Waals surface area contributed by atoms with Gasteiger partial charge in [0.15, 0.2) is 0 Å². The molecule has 2 aromatic carbocycles. The van der Waals surface area contributed by atoms with Crippen LogP contribution in [0, 0.1) is 0 Å². The molecule has 3 amide bonds. The molecule has 0 unspecified atom stereocenters. The Morgan fingerprint density at radius 1 is 1.08 bits per heavy atom. The molecule has 0 saturated heterocycles. The average molecular weight is 326 g/mol. The Balaban J connectivity index is 1.95. The van der Waals surface area contributed by atoms with Crippen molar-refractivity contribution in [1.82, 2.24) is 5.32 Å². The van der Waals surface area contributed by atoms with Gasteiger partial charge in [0.1, 0.15) is 6.04 Å². The van der Waals surface area contributed by atoms with E-state index in [1.807, 2.05) is 54.8 Å². The number of carbonyl (C=O) groups excluding carboxylic acids is 2. The number of primary amides is 1. The number of carbonyl (C=O) groups is 2. The second-order valence-corrected chi connectivity index (χ2v) is 5.61. The first-order valence-electron chi connectivity index (χ1n) is 7.67. The molecule has 0 aliphatic carbocycles. The zero-order valence-electron chi connectivity index (χ0n) is 13.8. The number of hydrogen-bond acceptors (Lipinski definition) is 4. The van der Waals surface area contributed by atoms with E-state index < -0.39 is 18.0 Å². The van der Waals surface area contributed by atoms with Gasteiger partial charge in [-0.05, 0) is 36.8 Å². The molecule has 0 heterocycles. The molecule has 2 aromatic rings. The predicted molar refractivity (Wildman–Crippen MR) is 95.8 cm³/mol. The fourth-order valence-corrected chi connectivity index (χ4v) is 2.31. The van der Waals surface area contributed by atoms with Gasteiger partial charge in [0, 0.05) is 25.0 Å². The van der Waals surface area contributed by atoms with E-state index in [2.05, 4.69) is 22.3 Å². The minimum atomic E-state index is -0.855. The highest BCUT2D eigenvalue weighted by atomic mass is 16.2. The van der Waals surface area contributed by atoms with E-state index in [-0.39, 0.29) is 0 Å². The number of hydrogen-bond donors (Lipinski definition) is 3. The Bertz CT molecular complexity index is 686. The summed E-state index contributed by atoms with van der Waals surface area (Å²) < 4.78 is 0. The molecule has 1 atom stereocenters. The maximum Gasteiger partial charge on any atom is 0.318 e. The monoisotopic (exact) mass is 326 g/mol. The van der Waals surface area contributed by atoms with Gasteiger partial charge in [-0.2, -0.15) is 0 Å². The molecule has 6 heteroatoms. The van der Waals surface area contributed by atoms with Gasteiger partial charge >= 0.3 is 6.03 Å². The lowest BCUT2D eigenvalue weighted by atomic mass is 10.2. The molecule has 2 rings (SSSR count). The fraction of sp³-hybridized carbons (Fsp3) is 0.222. The Morgan fingerprint density at radius 3 is 2.29 bits per heavy atom. The zero-order valence-corrected chi connectivity index (χ0v) is 13.8. The quantitative estimate of drug-likeness (QED) is 0.760. The number of nitrogens with one attached hydrogen (secondary N) is 2. The normalized spacial score (nSPS) is 11.4. The van der Waals surface area contributed by atoms with E-state index in [0.29, 0.717) is 0 Å². The number of nitrogens with two attached hydrogens (primary N) is 1. The van der Waals surface area contributed by atoms with Crippen molar-refractivity contribution in [2.24, 2.45) is 5.73 Å². The minimum Gasteiger partial charge on any atom is -0.374 e. The number of anilines is 2. The van der Waals surface area contributed by atoms with Gasteiger partial charge in [-0.15, -0.1) is 0 Å². The summed E-state index contributed by atoms with van der Waals surface area (Å²) >= 11 is 0. The smallest absolute Gasteiger partial charge is 0.318 e. The molecule has 0 aliphatic heterocycles. The van der Waals surface area contributed by atoms with Gasteiger partial charge < -0.3 is 16.0 Å². The van der Waals surface area contributed by atoms with E-state index in [9.17, 15) is 9.59 Å². The SMILES string of the molecule is C[C@@H](Nc1ccc(N(C)Cc2ccccc2)cc1)C(=O)NC(N)=O. The summed E-state index contributed by atoms with van der Waals surface area (Å²) in [4.78, 5) is 24.5. The second-order valence-electron chi connectivity index (χ2n) is 5.61. The van der Waals surface area contributed by atoms with Crippen molar-refractivity contribution in [3.63, 3.8) is 0 Å². The molecule has 0 saturated carbocycles. The summed E-state index contributed by atoms with van der Waals surface area (Å²) in [6.07, 6.45) is 0. The highest BCUT2D eigenvalue weighted by Gasteiger charge is 2.14. The lowest BCUT2D eigenvalue weighted by Crippen LogP contribution is -2.43. The van der Waals surface area contributed by atoms with E-state index in [1.165, 1.54) is 5.56 Å². The first kappa shape index (κ1) is 17.3. The van der Waals surface area contributed by atoms with Crippen molar-refractivity contribution in [2.45, 2.75) is 19.5 Å². The highest BCUT2D eigenvalue weighted by molar-refractivity contribution is 5.97. The van der Waals surface area contributed by atoms with E-state index in [0.717, 1.165) is 17.9 Å². The number of benzene rings is 2. The second kappa shape index (κ2) is 8.01. The Labute approximate surface area is 141 Å². The van der Waals surface area contributed by atoms with Crippen LogP contribution in [0.4, 0.5) is 16.2 Å². The van der Waals surface area contributed by atoms with Crippen LogP contribution < -0.4 is 21.3 Å². The maximum absolute atomic E-state index is 11.7. The summed E-state index contributed by atoms with van der Waals surface area (Å²) in [5.41, 5.74) is 8.03. The summed E-state index contributed by atoms with van der Waals surface area (Å²) in [7, 11) is 2.03. The van der Waals surface area contributed by atoms with Gasteiger partial charge in [-0.25, -0.2) is 4.79 Å². The van der Waals surface area contributed by atoms with Crippen molar-refractivity contribution in [3.8, 4) is 0 Å². The van der Waals surface area contributed by atoms with E-state index in [4.69, 9.17) is 5.73 Å². The topological polar surface area (TPSA) is 87.5 Å². The Morgan fingerprint density at radius 2 is 1.71 bits per heavy atom. The predicted octanol–water partition coefficient (Wildman–Crippen LogP) is 2.32. The van der Waals surface area contributed by atoms with E-state index in [1.54, 1.807) is 6.92 Å². The molecular weight excluding hydrogens is 304 g/mol. The standard InChI is InChI=1S/C18H22N4O2/c1-13(17(23)21-18(19)24)20-15-8-10-16(11-9-15)22(2)12-14-6-4-3-5-7-14/h3-11,13,20H,12H2,1-2H3,(H3,19,21,23,24)/t13-/m1/s1. The first-order valence-corrected chi connectivity index (χ1v) is 7.67. The van der Waals surface area contributed by atoms with Crippen LogP contribution >= 0.6 is 0 Å². The average Bonchev–Trinajstić information content (AvgIpc) is 2.55. The van der Waals surface area contributed by atoms with Gasteiger partial charge in [0.2, 0.25) is 5.91 Å². The van der Waals surface area contributed by atoms with Crippen LogP contribution in [0.1, 0.15) is 12.5 Å². The largest absolute Gasteiger partial charge is 0.374 e. The molecule has 0 spiro atoms. The van der Waals surface area contributed by atoms with Crippen LogP contribution in [-0.4, -0.2) is 25.0 Å². The first-order chi connectivity index (χ1) is 11.5. The highest BCUT2D eigenvalue weighted by Crippen LogP contribution is 2.19. The van der Waals surface area contributed by atoms with Gasteiger partial charge in [0.05, 0.1) is 0 Å². The van der Waals surface area contributed by atoms with Crippen molar-refractivity contribution < 1.29 is 9.59 Å². The lowest BCUT2D eigenvalue weighted by molar-refractivity contribution is -0.120. The molecule has 0 aromatic heterocycles. The number of imide groups is 1. The molecular formula is C18H22N4O2. The molecule has 0 bridgehead atoms. The minimum absolute atomic E-state index is 0.465. The molecule has 24 heavy (non-hydrogen) atoms. The summed E-state index contributed by atoms with van der Waals surface area (Å²) in [5, 5.41) is 5.07. The van der Waals surface area contributed by atoms with Crippen LogP contribution in [0.3, 0.4) is 0 Å². The molecule has 4 N–H and O–H groups in total. The van der Waals surface area contributed by atoms with Gasteiger partial charge in [-0.1, -0.05) is 30.3 Å². The van der Waals surface area contributed by atoms with E-state index >= 15 is 0 Å². The van der Waals surface area contributed by atoms with Crippen molar-refractivity contribution in [1.29, 1.82) is 0 Å². The lowest BCUT2D eigenvalue weighted by Gasteiger charge is -2.20. The third-order valence-corrected chi connectivity index (χ3v) is 3.59. The molecule has 0 radical (unpaired) electrons. The van der Waals surface area contributed by atoms with Crippen LogP contribution in [0.15, 0.2) is 54.6 Å². The Hall–Kier alpha value is -3.02. The fourth-order valence-electron chi connectivity index (χ4n) is 2.31. The summed E-state index contributed by atoms with van der Waals surface area (Å²) in [6.45, 7) is 2.47. The van der Waals surface area contributed by atoms with Crippen molar-refractivity contribution >= 4 is 23.3 Å².